The highest BCUT2D eigenvalue weighted by atomic mass is 16.5. The number of benzene rings is 3. The van der Waals surface area contributed by atoms with Gasteiger partial charge in [-0.1, -0.05) is 24.3 Å². The van der Waals surface area contributed by atoms with Crippen LogP contribution in [0.5, 0.6) is 17.2 Å². The summed E-state index contributed by atoms with van der Waals surface area (Å²) in [7, 11) is 3.16. The van der Waals surface area contributed by atoms with Gasteiger partial charge in [0.1, 0.15) is 5.75 Å². The molecule has 7 nitrogen and oxygen atoms in total. The second-order valence-corrected chi connectivity index (χ2v) is 7.93. The van der Waals surface area contributed by atoms with Gasteiger partial charge >= 0.3 is 0 Å². The van der Waals surface area contributed by atoms with E-state index in [1.165, 1.54) is 0 Å². The fourth-order valence-electron chi connectivity index (χ4n) is 4.16. The van der Waals surface area contributed by atoms with Crippen LogP contribution in [0.4, 0.5) is 5.69 Å². The number of hydrogen-bond donors (Lipinski definition) is 1. The quantitative estimate of drug-likeness (QED) is 0.495. The Hall–Kier alpha value is -4.00. The van der Waals surface area contributed by atoms with E-state index < -0.39 is 6.04 Å². The minimum absolute atomic E-state index is 0.0862. The molecule has 2 amide bonds. The van der Waals surface area contributed by atoms with Crippen LogP contribution in [0.15, 0.2) is 66.7 Å². The predicted molar refractivity (Wildman–Crippen MR) is 129 cm³/mol. The Morgan fingerprint density at radius 1 is 1.00 bits per heavy atom. The van der Waals surface area contributed by atoms with Crippen LogP contribution in [0, 0.1) is 0 Å². The van der Waals surface area contributed by atoms with Crippen molar-refractivity contribution in [1.29, 1.82) is 0 Å². The molecule has 7 heteroatoms. The first-order valence-electron chi connectivity index (χ1n) is 11.2. The molecule has 0 fully saturated rings. The fraction of sp³-hybridized carbons (Fsp3) is 0.259. The summed E-state index contributed by atoms with van der Waals surface area (Å²) >= 11 is 0. The van der Waals surface area contributed by atoms with Crippen molar-refractivity contribution in [2.45, 2.75) is 25.9 Å². The molecule has 1 N–H and O–H groups in total. The van der Waals surface area contributed by atoms with E-state index >= 15 is 0 Å². The SMILES string of the molecule is CCOc1ccc(C(CC(=O)Nc2ccc(OC)cc2)N2Cc3ccccc3C2=O)cc1OC. The molecular weight excluding hydrogens is 432 g/mol. The van der Waals surface area contributed by atoms with Gasteiger partial charge in [0.2, 0.25) is 5.91 Å². The largest absolute Gasteiger partial charge is 0.497 e. The second-order valence-electron chi connectivity index (χ2n) is 7.93. The molecule has 1 heterocycles. The lowest BCUT2D eigenvalue weighted by Gasteiger charge is -2.28. The molecule has 4 rings (SSSR count). The van der Waals surface area contributed by atoms with Crippen molar-refractivity contribution in [2.24, 2.45) is 0 Å². The van der Waals surface area contributed by atoms with E-state index in [0.29, 0.717) is 41.7 Å². The monoisotopic (exact) mass is 460 g/mol. The Bertz CT molecular complexity index is 1180. The van der Waals surface area contributed by atoms with Crippen LogP contribution in [0.25, 0.3) is 0 Å². The number of hydrogen-bond acceptors (Lipinski definition) is 5. The number of rotatable bonds is 9. The lowest BCUT2D eigenvalue weighted by atomic mass is 10.0. The van der Waals surface area contributed by atoms with Gasteiger partial charge in [0.25, 0.3) is 5.91 Å². The van der Waals surface area contributed by atoms with E-state index in [2.05, 4.69) is 5.32 Å². The van der Waals surface area contributed by atoms with Gasteiger partial charge in [-0.05, 0) is 60.5 Å². The van der Waals surface area contributed by atoms with Crippen molar-refractivity contribution < 1.29 is 23.8 Å². The molecule has 1 atom stereocenters. The lowest BCUT2D eigenvalue weighted by molar-refractivity contribution is -0.117. The van der Waals surface area contributed by atoms with E-state index in [9.17, 15) is 9.59 Å². The topological polar surface area (TPSA) is 77.1 Å². The highest BCUT2D eigenvalue weighted by Gasteiger charge is 2.34. The van der Waals surface area contributed by atoms with Gasteiger partial charge in [-0.3, -0.25) is 9.59 Å². The molecular formula is C27H28N2O5. The second kappa shape index (κ2) is 10.3. The van der Waals surface area contributed by atoms with Crippen LogP contribution in [0.2, 0.25) is 0 Å². The van der Waals surface area contributed by atoms with Crippen molar-refractivity contribution in [1.82, 2.24) is 4.90 Å². The van der Waals surface area contributed by atoms with Crippen LogP contribution in [-0.4, -0.2) is 37.5 Å². The van der Waals surface area contributed by atoms with E-state index in [1.54, 1.807) is 43.4 Å². The summed E-state index contributed by atoms with van der Waals surface area (Å²) < 4.78 is 16.3. The van der Waals surface area contributed by atoms with E-state index in [1.807, 2.05) is 49.4 Å². The fourth-order valence-corrected chi connectivity index (χ4v) is 4.16. The number of carbonyl (C=O) groups excluding carboxylic acids is 2. The Morgan fingerprint density at radius 2 is 1.76 bits per heavy atom. The first-order chi connectivity index (χ1) is 16.5. The van der Waals surface area contributed by atoms with Gasteiger partial charge in [-0.15, -0.1) is 0 Å². The lowest BCUT2D eigenvalue weighted by Crippen LogP contribution is -2.32. The standard InChI is InChI=1S/C27H28N2O5/c1-4-34-24-14-9-18(15-25(24)33-3)23(29-17-19-7-5-6-8-22(19)27(29)31)16-26(30)28-20-10-12-21(32-2)13-11-20/h5-15,23H,4,16-17H2,1-3H3,(H,28,30). The maximum Gasteiger partial charge on any atom is 0.255 e. The van der Waals surface area contributed by atoms with Gasteiger partial charge < -0.3 is 24.4 Å². The zero-order valence-electron chi connectivity index (χ0n) is 19.5. The molecule has 0 aromatic heterocycles. The molecule has 3 aromatic carbocycles. The zero-order chi connectivity index (χ0) is 24.1. The minimum atomic E-state index is -0.484. The van der Waals surface area contributed by atoms with Crippen LogP contribution in [0.3, 0.4) is 0 Å². The van der Waals surface area contributed by atoms with Crippen molar-refractivity contribution in [3.8, 4) is 17.2 Å². The molecule has 1 aliphatic heterocycles. The number of amides is 2. The number of anilines is 1. The Kier molecular flexibility index (Phi) is 7.01. The number of ether oxygens (including phenoxy) is 3. The summed E-state index contributed by atoms with van der Waals surface area (Å²) in [6, 6.07) is 19.7. The van der Waals surface area contributed by atoms with Crippen molar-refractivity contribution in [3.05, 3.63) is 83.4 Å². The van der Waals surface area contributed by atoms with Gasteiger partial charge in [0.15, 0.2) is 11.5 Å². The molecule has 0 saturated heterocycles. The highest BCUT2D eigenvalue weighted by molar-refractivity contribution is 5.99. The van der Waals surface area contributed by atoms with Crippen LogP contribution < -0.4 is 19.5 Å². The Labute approximate surface area is 199 Å². The van der Waals surface area contributed by atoms with Gasteiger partial charge in [0, 0.05) is 17.8 Å². The molecule has 1 aliphatic rings. The molecule has 0 aliphatic carbocycles. The van der Waals surface area contributed by atoms with E-state index in [-0.39, 0.29) is 18.2 Å². The molecule has 1 unspecified atom stereocenters. The van der Waals surface area contributed by atoms with E-state index in [4.69, 9.17) is 14.2 Å². The number of fused-ring (bicyclic) bond motifs is 1. The summed E-state index contributed by atoms with van der Waals surface area (Å²) in [5.74, 6) is 1.59. The third-order valence-corrected chi connectivity index (χ3v) is 5.85. The molecule has 0 saturated carbocycles. The summed E-state index contributed by atoms with van der Waals surface area (Å²) in [6.07, 6.45) is 0.0862. The smallest absolute Gasteiger partial charge is 0.255 e. The predicted octanol–water partition coefficient (Wildman–Crippen LogP) is 4.83. The summed E-state index contributed by atoms with van der Waals surface area (Å²) in [4.78, 5) is 28.1. The van der Waals surface area contributed by atoms with Crippen molar-refractivity contribution in [3.63, 3.8) is 0 Å². The molecule has 0 radical (unpaired) electrons. The van der Waals surface area contributed by atoms with Crippen LogP contribution in [-0.2, 0) is 11.3 Å². The zero-order valence-corrected chi connectivity index (χ0v) is 19.5. The van der Waals surface area contributed by atoms with E-state index in [0.717, 1.165) is 11.1 Å². The highest BCUT2D eigenvalue weighted by Crippen LogP contribution is 2.37. The molecule has 0 bridgehead atoms. The van der Waals surface area contributed by atoms with Gasteiger partial charge in [0.05, 0.1) is 33.3 Å². The number of nitrogens with one attached hydrogen (secondary N) is 1. The average molecular weight is 461 g/mol. The van der Waals surface area contributed by atoms with Crippen molar-refractivity contribution in [2.75, 3.05) is 26.1 Å². The van der Waals surface area contributed by atoms with Gasteiger partial charge in [-0.25, -0.2) is 0 Å². The maximum absolute atomic E-state index is 13.3. The summed E-state index contributed by atoms with van der Waals surface area (Å²) in [5, 5.41) is 2.92. The molecule has 0 spiro atoms. The third-order valence-electron chi connectivity index (χ3n) is 5.85. The third kappa shape index (κ3) is 4.83. The number of nitrogens with zero attached hydrogens (tertiary/aromatic N) is 1. The Morgan fingerprint density at radius 3 is 2.44 bits per heavy atom. The maximum atomic E-state index is 13.3. The molecule has 176 valence electrons. The summed E-state index contributed by atoms with van der Waals surface area (Å²) in [6.45, 7) is 2.84. The number of methoxy groups -OCH3 is 2. The minimum Gasteiger partial charge on any atom is -0.497 e. The first kappa shape index (κ1) is 23.2. The van der Waals surface area contributed by atoms with Crippen LogP contribution in [0.1, 0.15) is 40.9 Å². The Balaban J connectivity index is 1.63. The average Bonchev–Trinajstić information content (AvgIpc) is 3.20. The van der Waals surface area contributed by atoms with Crippen LogP contribution >= 0.6 is 0 Å². The first-order valence-corrected chi connectivity index (χ1v) is 11.2. The van der Waals surface area contributed by atoms with Gasteiger partial charge in [-0.2, -0.15) is 0 Å². The summed E-state index contributed by atoms with van der Waals surface area (Å²) in [5.41, 5.74) is 3.07. The number of carbonyl (C=O) groups is 2. The molecule has 3 aromatic rings. The van der Waals surface area contributed by atoms with Crippen molar-refractivity contribution >= 4 is 17.5 Å². The normalized spacial score (nSPS) is 13.3. The molecule has 34 heavy (non-hydrogen) atoms.